The maximum absolute atomic E-state index is 13.1. The van der Waals surface area contributed by atoms with E-state index in [-0.39, 0.29) is 11.7 Å². The highest BCUT2D eigenvalue weighted by molar-refractivity contribution is 6.01. The van der Waals surface area contributed by atoms with Crippen molar-refractivity contribution in [3.05, 3.63) is 71.3 Å². The maximum atomic E-state index is 13.1. The van der Waals surface area contributed by atoms with Crippen LogP contribution in [0.4, 0.5) is 0 Å². The molecule has 1 spiro atoms. The first kappa shape index (κ1) is 23.7. The lowest BCUT2D eigenvalue weighted by Crippen LogP contribution is -2.44. The SMILES string of the molecule is O=C(/C=C/c1ccc2c(c1)C(=O)CC1(CCN(CCc3ccccc3)C1)O2)NOC1CCCCO1. The maximum Gasteiger partial charge on any atom is 0.267 e. The topological polar surface area (TPSA) is 77.1 Å². The number of rotatable bonds is 7. The molecule has 3 aliphatic rings. The molecule has 5 rings (SSSR count). The van der Waals surface area contributed by atoms with Gasteiger partial charge in [0.25, 0.3) is 5.91 Å². The number of ether oxygens (including phenoxy) is 2. The standard InChI is InChI=1S/C28H32N2O5/c31-24-19-28(14-16-30(20-28)15-13-21-6-2-1-3-7-21)34-25-11-9-22(18-23(24)25)10-12-26(32)29-35-27-8-4-5-17-33-27/h1-3,6-7,9-12,18,27H,4-5,8,13-17,19-20H2,(H,29,32)/b12-10+. The van der Waals surface area contributed by atoms with E-state index in [1.807, 2.05) is 18.2 Å². The Labute approximate surface area is 206 Å². The van der Waals surface area contributed by atoms with Gasteiger partial charge in [-0.2, -0.15) is 0 Å². The van der Waals surface area contributed by atoms with E-state index in [0.717, 1.165) is 57.3 Å². The molecule has 7 nitrogen and oxygen atoms in total. The van der Waals surface area contributed by atoms with E-state index in [0.29, 0.717) is 24.3 Å². The first-order valence-electron chi connectivity index (χ1n) is 12.5. The number of Topliss-reactive ketones (excluding diaryl/α,β-unsaturated/α-hetero) is 1. The van der Waals surface area contributed by atoms with Gasteiger partial charge in [-0.3, -0.25) is 14.5 Å². The molecule has 184 valence electrons. The molecule has 7 heteroatoms. The van der Waals surface area contributed by atoms with E-state index < -0.39 is 11.9 Å². The third-order valence-corrected chi connectivity index (χ3v) is 6.92. The van der Waals surface area contributed by atoms with Crippen molar-refractivity contribution in [3.63, 3.8) is 0 Å². The fourth-order valence-electron chi connectivity index (χ4n) is 5.03. The van der Waals surface area contributed by atoms with Gasteiger partial charge in [0, 0.05) is 45.2 Å². The molecule has 0 aromatic heterocycles. The Hall–Kier alpha value is -3.00. The molecule has 3 aliphatic heterocycles. The number of benzene rings is 2. The summed E-state index contributed by atoms with van der Waals surface area (Å²) in [6, 6.07) is 16.0. The van der Waals surface area contributed by atoms with Crippen molar-refractivity contribution in [2.24, 2.45) is 0 Å². The van der Waals surface area contributed by atoms with Gasteiger partial charge in [0.1, 0.15) is 11.4 Å². The number of nitrogens with zero attached hydrogens (tertiary/aromatic N) is 1. The molecule has 2 fully saturated rings. The second-order valence-electron chi connectivity index (χ2n) is 9.62. The molecular weight excluding hydrogens is 444 g/mol. The monoisotopic (exact) mass is 476 g/mol. The quantitative estimate of drug-likeness (QED) is 0.482. The van der Waals surface area contributed by atoms with Crippen LogP contribution in [-0.2, 0) is 20.8 Å². The number of ketones is 1. The van der Waals surface area contributed by atoms with Crippen LogP contribution >= 0.6 is 0 Å². The third-order valence-electron chi connectivity index (χ3n) is 6.92. The summed E-state index contributed by atoms with van der Waals surface area (Å²) >= 11 is 0. The number of hydrogen-bond acceptors (Lipinski definition) is 6. The van der Waals surface area contributed by atoms with Crippen molar-refractivity contribution in [3.8, 4) is 5.75 Å². The zero-order valence-electron chi connectivity index (χ0n) is 19.9. The van der Waals surface area contributed by atoms with E-state index in [1.165, 1.54) is 11.6 Å². The lowest BCUT2D eigenvalue weighted by Gasteiger charge is -2.35. The van der Waals surface area contributed by atoms with Gasteiger partial charge in [-0.15, -0.1) is 0 Å². The molecule has 35 heavy (non-hydrogen) atoms. The van der Waals surface area contributed by atoms with Gasteiger partial charge in [-0.05, 0) is 48.6 Å². The van der Waals surface area contributed by atoms with Gasteiger partial charge >= 0.3 is 0 Å². The zero-order valence-corrected chi connectivity index (χ0v) is 19.9. The van der Waals surface area contributed by atoms with Crippen LogP contribution in [-0.4, -0.2) is 54.7 Å². The molecule has 2 saturated heterocycles. The predicted octanol–water partition coefficient (Wildman–Crippen LogP) is 3.93. The van der Waals surface area contributed by atoms with Crippen LogP contribution in [0.1, 0.15) is 53.6 Å². The van der Waals surface area contributed by atoms with E-state index in [9.17, 15) is 9.59 Å². The molecule has 2 aromatic carbocycles. The van der Waals surface area contributed by atoms with E-state index in [4.69, 9.17) is 14.3 Å². The van der Waals surface area contributed by atoms with Crippen molar-refractivity contribution in [2.45, 2.75) is 50.4 Å². The van der Waals surface area contributed by atoms with E-state index in [2.05, 4.69) is 34.6 Å². The van der Waals surface area contributed by atoms with Gasteiger partial charge in [0.2, 0.25) is 0 Å². The smallest absolute Gasteiger partial charge is 0.267 e. The summed E-state index contributed by atoms with van der Waals surface area (Å²) < 4.78 is 11.8. The van der Waals surface area contributed by atoms with Crippen LogP contribution in [0.2, 0.25) is 0 Å². The summed E-state index contributed by atoms with van der Waals surface area (Å²) in [5.74, 6) is 0.346. The molecule has 3 heterocycles. The molecule has 2 atom stereocenters. The Morgan fingerprint density at radius 1 is 1.20 bits per heavy atom. The zero-order chi connectivity index (χ0) is 24.1. The average Bonchev–Trinajstić information content (AvgIpc) is 3.28. The van der Waals surface area contributed by atoms with Crippen LogP contribution < -0.4 is 10.2 Å². The van der Waals surface area contributed by atoms with Gasteiger partial charge in [-0.1, -0.05) is 36.4 Å². The van der Waals surface area contributed by atoms with Crippen LogP contribution in [0.3, 0.4) is 0 Å². The minimum absolute atomic E-state index is 0.0913. The van der Waals surface area contributed by atoms with Gasteiger partial charge in [0.15, 0.2) is 12.1 Å². The Morgan fingerprint density at radius 2 is 2.09 bits per heavy atom. The van der Waals surface area contributed by atoms with E-state index >= 15 is 0 Å². The first-order valence-corrected chi connectivity index (χ1v) is 12.5. The summed E-state index contributed by atoms with van der Waals surface area (Å²) in [7, 11) is 0. The predicted molar refractivity (Wildman–Crippen MR) is 132 cm³/mol. The van der Waals surface area contributed by atoms with Crippen molar-refractivity contribution in [1.29, 1.82) is 0 Å². The Bertz CT molecular complexity index is 1080. The number of likely N-dealkylation sites (tertiary alicyclic amines) is 1. The number of hydroxylamine groups is 1. The highest BCUT2D eigenvalue weighted by Crippen LogP contribution is 2.39. The molecule has 1 N–H and O–H groups in total. The molecule has 0 aliphatic carbocycles. The van der Waals surface area contributed by atoms with Gasteiger partial charge in [-0.25, -0.2) is 10.3 Å². The summed E-state index contributed by atoms with van der Waals surface area (Å²) in [4.78, 5) is 32.8. The Balaban J connectivity index is 1.16. The van der Waals surface area contributed by atoms with Crippen molar-refractivity contribution < 1.29 is 23.9 Å². The molecule has 1 amide bonds. The van der Waals surface area contributed by atoms with Crippen LogP contribution in [0, 0.1) is 0 Å². The molecule has 0 radical (unpaired) electrons. The average molecular weight is 477 g/mol. The largest absolute Gasteiger partial charge is 0.485 e. The number of fused-ring (bicyclic) bond motifs is 1. The lowest BCUT2D eigenvalue weighted by atomic mass is 9.88. The number of hydrogen-bond donors (Lipinski definition) is 1. The van der Waals surface area contributed by atoms with Crippen molar-refractivity contribution >= 4 is 17.8 Å². The lowest BCUT2D eigenvalue weighted by molar-refractivity contribution is -0.198. The highest BCUT2D eigenvalue weighted by atomic mass is 16.8. The van der Waals surface area contributed by atoms with Gasteiger partial charge < -0.3 is 9.47 Å². The molecule has 0 bridgehead atoms. The summed E-state index contributed by atoms with van der Waals surface area (Å²) in [5.41, 5.74) is 4.62. The molecule has 0 saturated carbocycles. The minimum atomic E-state index is -0.448. The molecular formula is C28H32N2O5. The summed E-state index contributed by atoms with van der Waals surface area (Å²) in [6.07, 6.45) is 7.69. The second-order valence-corrected chi connectivity index (χ2v) is 9.62. The normalized spacial score (nSPS) is 24.5. The minimum Gasteiger partial charge on any atom is -0.485 e. The number of carbonyl (C=O) groups excluding carboxylic acids is 2. The van der Waals surface area contributed by atoms with E-state index in [1.54, 1.807) is 12.1 Å². The second kappa shape index (κ2) is 10.7. The van der Waals surface area contributed by atoms with Crippen LogP contribution in [0.15, 0.2) is 54.6 Å². The van der Waals surface area contributed by atoms with Crippen LogP contribution in [0.25, 0.3) is 6.08 Å². The Kier molecular flexibility index (Phi) is 7.27. The first-order chi connectivity index (χ1) is 17.1. The fraction of sp³-hybridized carbons (Fsp3) is 0.429. The fourth-order valence-corrected chi connectivity index (χ4v) is 5.03. The Morgan fingerprint density at radius 3 is 2.91 bits per heavy atom. The summed E-state index contributed by atoms with van der Waals surface area (Å²) in [6.45, 7) is 3.30. The van der Waals surface area contributed by atoms with Crippen molar-refractivity contribution in [1.82, 2.24) is 10.4 Å². The van der Waals surface area contributed by atoms with Crippen molar-refractivity contribution in [2.75, 3.05) is 26.2 Å². The number of nitrogens with one attached hydrogen (secondary N) is 1. The highest BCUT2D eigenvalue weighted by Gasteiger charge is 2.45. The summed E-state index contributed by atoms with van der Waals surface area (Å²) in [5, 5.41) is 0. The van der Waals surface area contributed by atoms with Crippen LogP contribution in [0.5, 0.6) is 5.75 Å². The molecule has 2 unspecified atom stereocenters. The van der Waals surface area contributed by atoms with Gasteiger partial charge in [0.05, 0.1) is 12.0 Å². The number of carbonyl (C=O) groups is 2. The molecule has 2 aromatic rings. The number of amides is 1. The third kappa shape index (κ3) is 5.99.